The van der Waals surface area contributed by atoms with Gasteiger partial charge in [0.05, 0.1) is 10.9 Å². The highest BCUT2D eigenvalue weighted by Crippen LogP contribution is 2.49. The van der Waals surface area contributed by atoms with Crippen LogP contribution in [-0.4, -0.2) is 0 Å². The van der Waals surface area contributed by atoms with Crippen molar-refractivity contribution in [2.45, 2.75) is 70.6 Å². The maximum Gasteiger partial charge on any atom is 0.152 e. The molecule has 1 nitrogen and oxygen atoms in total. The summed E-state index contributed by atoms with van der Waals surface area (Å²) in [4.78, 5) is 0. The Bertz CT molecular complexity index is 898. The highest BCUT2D eigenvalue weighted by molar-refractivity contribution is 5.86. The van der Waals surface area contributed by atoms with E-state index in [1.165, 1.54) is 51.0 Å². The van der Waals surface area contributed by atoms with Crippen LogP contribution in [-0.2, 0) is 0 Å². The SMILES string of the molecule is CCCCC1CCC2CC(c3cc4cccc(F)c4c(F)c3C#N)CCC2C1. The molecule has 2 fully saturated rings. The third-order valence-corrected chi connectivity index (χ3v) is 7.32. The number of hydrogen-bond acceptors (Lipinski definition) is 1. The quantitative estimate of drug-likeness (QED) is 0.538. The maximum atomic E-state index is 15.0. The van der Waals surface area contributed by atoms with E-state index in [1.807, 2.05) is 12.1 Å². The van der Waals surface area contributed by atoms with Gasteiger partial charge in [-0.25, -0.2) is 8.78 Å². The molecule has 0 aromatic heterocycles. The highest BCUT2D eigenvalue weighted by Gasteiger charge is 2.37. The van der Waals surface area contributed by atoms with Crippen molar-refractivity contribution < 1.29 is 8.78 Å². The summed E-state index contributed by atoms with van der Waals surface area (Å²) in [5.74, 6) is 1.30. The molecule has 2 saturated carbocycles. The van der Waals surface area contributed by atoms with Crippen LogP contribution in [0.5, 0.6) is 0 Å². The predicted octanol–water partition coefficient (Wildman–Crippen LogP) is 7.48. The zero-order valence-corrected chi connectivity index (χ0v) is 16.7. The Morgan fingerprint density at radius 3 is 2.64 bits per heavy atom. The molecule has 0 amide bonds. The Morgan fingerprint density at radius 2 is 1.86 bits per heavy atom. The van der Waals surface area contributed by atoms with Crippen molar-refractivity contribution in [2.24, 2.45) is 17.8 Å². The fraction of sp³-hybridized carbons (Fsp3) is 0.560. The topological polar surface area (TPSA) is 23.8 Å². The molecule has 28 heavy (non-hydrogen) atoms. The van der Waals surface area contributed by atoms with E-state index in [0.29, 0.717) is 11.3 Å². The van der Waals surface area contributed by atoms with Crippen LogP contribution in [0.4, 0.5) is 8.78 Å². The van der Waals surface area contributed by atoms with Gasteiger partial charge < -0.3 is 0 Å². The Morgan fingerprint density at radius 1 is 1.07 bits per heavy atom. The molecular weight excluding hydrogens is 352 g/mol. The molecule has 0 spiro atoms. The molecule has 4 rings (SSSR count). The van der Waals surface area contributed by atoms with Gasteiger partial charge in [-0.05, 0) is 78.9 Å². The molecule has 0 heterocycles. The van der Waals surface area contributed by atoms with E-state index < -0.39 is 11.6 Å². The summed E-state index contributed by atoms with van der Waals surface area (Å²) >= 11 is 0. The van der Waals surface area contributed by atoms with E-state index in [9.17, 15) is 14.0 Å². The minimum atomic E-state index is -0.682. The summed E-state index contributed by atoms with van der Waals surface area (Å²) in [6, 6.07) is 8.53. The zero-order valence-electron chi connectivity index (χ0n) is 16.7. The van der Waals surface area contributed by atoms with Crippen molar-refractivity contribution in [1.82, 2.24) is 0 Å². The Labute approximate surface area is 166 Å². The van der Waals surface area contributed by atoms with Crippen LogP contribution in [0.15, 0.2) is 24.3 Å². The van der Waals surface area contributed by atoms with Gasteiger partial charge in [-0.15, -0.1) is 0 Å². The Kier molecular flexibility index (Phi) is 5.67. The monoisotopic (exact) mass is 381 g/mol. The van der Waals surface area contributed by atoms with Crippen LogP contribution in [0.2, 0.25) is 0 Å². The Hall–Kier alpha value is -1.95. The third kappa shape index (κ3) is 3.54. The maximum absolute atomic E-state index is 15.0. The van der Waals surface area contributed by atoms with Crippen LogP contribution >= 0.6 is 0 Å². The van der Waals surface area contributed by atoms with E-state index in [2.05, 4.69) is 6.92 Å². The first-order valence-electron chi connectivity index (χ1n) is 10.9. The number of halogens is 2. The van der Waals surface area contributed by atoms with Crippen LogP contribution in [0.25, 0.3) is 10.8 Å². The van der Waals surface area contributed by atoms with Crippen LogP contribution in [0.3, 0.4) is 0 Å². The van der Waals surface area contributed by atoms with Crippen molar-refractivity contribution >= 4 is 10.8 Å². The number of benzene rings is 2. The van der Waals surface area contributed by atoms with Crippen LogP contribution in [0, 0.1) is 40.7 Å². The lowest BCUT2D eigenvalue weighted by Crippen LogP contribution is -2.30. The second kappa shape index (κ2) is 8.19. The van der Waals surface area contributed by atoms with Gasteiger partial charge in [-0.3, -0.25) is 0 Å². The number of nitrogens with zero attached hydrogens (tertiary/aromatic N) is 1. The lowest BCUT2D eigenvalue weighted by molar-refractivity contribution is 0.113. The molecule has 3 heteroatoms. The fourth-order valence-electron chi connectivity index (χ4n) is 5.84. The molecule has 2 aliphatic carbocycles. The minimum Gasteiger partial charge on any atom is -0.206 e. The van der Waals surface area contributed by atoms with E-state index in [0.717, 1.165) is 30.2 Å². The van der Waals surface area contributed by atoms with Crippen LogP contribution < -0.4 is 0 Å². The van der Waals surface area contributed by atoms with Crippen molar-refractivity contribution in [3.63, 3.8) is 0 Å². The number of unbranched alkanes of at least 4 members (excludes halogenated alkanes) is 1. The summed E-state index contributed by atoms with van der Waals surface area (Å²) < 4.78 is 29.1. The van der Waals surface area contributed by atoms with Crippen molar-refractivity contribution in [2.75, 3.05) is 0 Å². The minimum absolute atomic E-state index is 0.0482. The number of fused-ring (bicyclic) bond motifs is 2. The summed E-state index contributed by atoms with van der Waals surface area (Å²) in [6.07, 6.45) is 11.1. The van der Waals surface area contributed by atoms with Gasteiger partial charge in [0.15, 0.2) is 5.82 Å². The second-order valence-electron chi connectivity index (χ2n) is 8.96. The van der Waals surface area contributed by atoms with E-state index in [-0.39, 0.29) is 16.9 Å². The average Bonchev–Trinajstić information content (AvgIpc) is 2.71. The number of hydrogen-bond donors (Lipinski definition) is 0. The van der Waals surface area contributed by atoms with Gasteiger partial charge in [-0.1, -0.05) is 44.7 Å². The number of rotatable bonds is 4. The molecule has 2 aromatic rings. The molecule has 0 saturated heterocycles. The van der Waals surface area contributed by atoms with Gasteiger partial charge in [0, 0.05) is 0 Å². The fourth-order valence-corrected chi connectivity index (χ4v) is 5.84. The van der Waals surface area contributed by atoms with Gasteiger partial charge in [-0.2, -0.15) is 5.26 Å². The molecule has 0 radical (unpaired) electrons. The first-order chi connectivity index (χ1) is 13.6. The standard InChI is InChI=1S/C25H29F2N/c1-2-3-5-16-8-9-18-13-19(11-10-17(18)12-16)21-14-20-6-4-7-23(26)24(20)25(27)22(21)15-28/h4,6-7,14,16-19H,2-3,5,8-13H2,1H3. The van der Waals surface area contributed by atoms with Crippen molar-refractivity contribution in [3.8, 4) is 6.07 Å². The molecule has 0 bridgehead atoms. The van der Waals surface area contributed by atoms with E-state index in [1.54, 1.807) is 12.1 Å². The summed E-state index contributed by atoms with van der Waals surface area (Å²) in [5, 5.41) is 10.1. The normalized spacial score (nSPS) is 27.4. The average molecular weight is 382 g/mol. The van der Waals surface area contributed by atoms with Crippen molar-refractivity contribution in [3.05, 3.63) is 47.0 Å². The molecule has 0 N–H and O–H groups in total. The zero-order chi connectivity index (χ0) is 19.7. The molecular formula is C25H29F2N. The largest absolute Gasteiger partial charge is 0.206 e. The molecule has 148 valence electrons. The van der Waals surface area contributed by atoms with Crippen LogP contribution in [0.1, 0.15) is 81.8 Å². The van der Waals surface area contributed by atoms with Gasteiger partial charge >= 0.3 is 0 Å². The van der Waals surface area contributed by atoms with Gasteiger partial charge in [0.2, 0.25) is 0 Å². The summed E-state index contributed by atoms with van der Waals surface area (Å²) in [5.41, 5.74) is 0.849. The summed E-state index contributed by atoms with van der Waals surface area (Å²) in [7, 11) is 0. The molecule has 0 aliphatic heterocycles. The molecule has 4 unspecified atom stereocenters. The van der Waals surface area contributed by atoms with E-state index in [4.69, 9.17) is 0 Å². The van der Waals surface area contributed by atoms with Gasteiger partial charge in [0.25, 0.3) is 0 Å². The first kappa shape index (κ1) is 19.4. The van der Waals surface area contributed by atoms with Gasteiger partial charge in [0.1, 0.15) is 11.9 Å². The highest BCUT2D eigenvalue weighted by atomic mass is 19.1. The third-order valence-electron chi connectivity index (χ3n) is 7.32. The van der Waals surface area contributed by atoms with E-state index >= 15 is 0 Å². The predicted molar refractivity (Wildman–Crippen MR) is 109 cm³/mol. The summed E-state index contributed by atoms with van der Waals surface area (Å²) in [6.45, 7) is 2.26. The number of nitriles is 1. The lowest BCUT2D eigenvalue weighted by Gasteiger charge is -2.42. The molecule has 2 aliphatic rings. The van der Waals surface area contributed by atoms with Crippen molar-refractivity contribution in [1.29, 1.82) is 5.26 Å². The molecule has 4 atom stereocenters. The lowest BCUT2D eigenvalue weighted by atomic mass is 9.63. The Balaban J connectivity index is 1.58. The first-order valence-corrected chi connectivity index (χ1v) is 10.9. The smallest absolute Gasteiger partial charge is 0.152 e. The molecule has 2 aromatic carbocycles. The second-order valence-corrected chi connectivity index (χ2v) is 8.96.